The van der Waals surface area contributed by atoms with Crippen LogP contribution in [0.15, 0.2) is 54.6 Å². The Morgan fingerprint density at radius 2 is 1.69 bits per heavy atom. The standard InChI is InChI=1S/C22H17F2NO4/c23-14-5-4-12-2-1-3-13(16(12)8-14)11-25-19-7-6-15(24)9-17(19)18(10-20(26)27)21(25)22(28)29/h1-9,18,21H,10-11H2,(H,26,27)(H,28,29). The fraction of sp³-hybridized carbons (Fsp3) is 0.182. The largest absolute Gasteiger partial charge is 0.481 e. The predicted molar refractivity (Wildman–Crippen MR) is 103 cm³/mol. The van der Waals surface area contributed by atoms with Crippen LogP contribution >= 0.6 is 0 Å². The molecule has 1 aliphatic rings. The van der Waals surface area contributed by atoms with E-state index in [1.165, 1.54) is 30.3 Å². The van der Waals surface area contributed by atoms with Crippen molar-refractivity contribution in [2.75, 3.05) is 4.90 Å². The molecule has 0 bridgehead atoms. The number of rotatable bonds is 5. The fourth-order valence-electron chi connectivity index (χ4n) is 4.15. The Bertz CT molecular complexity index is 1130. The van der Waals surface area contributed by atoms with Gasteiger partial charge in [-0.25, -0.2) is 13.6 Å². The minimum atomic E-state index is -1.20. The van der Waals surface area contributed by atoms with Gasteiger partial charge in [0.05, 0.1) is 6.42 Å². The molecule has 0 spiro atoms. The summed E-state index contributed by atoms with van der Waals surface area (Å²) in [6.07, 6.45) is -0.436. The Kier molecular flexibility index (Phi) is 4.66. The molecule has 148 valence electrons. The highest BCUT2D eigenvalue weighted by Crippen LogP contribution is 2.44. The molecule has 0 aliphatic carbocycles. The molecule has 2 unspecified atom stereocenters. The number of benzene rings is 3. The summed E-state index contributed by atoms with van der Waals surface area (Å²) in [4.78, 5) is 25.0. The van der Waals surface area contributed by atoms with Crippen LogP contribution in [-0.2, 0) is 16.1 Å². The zero-order valence-corrected chi connectivity index (χ0v) is 15.2. The highest BCUT2D eigenvalue weighted by Gasteiger charge is 2.44. The lowest BCUT2D eigenvalue weighted by atomic mass is 9.91. The molecule has 2 atom stereocenters. The highest BCUT2D eigenvalue weighted by molar-refractivity contribution is 5.88. The zero-order chi connectivity index (χ0) is 20.7. The molecule has 4 rings (SSSR count). The molecule has 0 radical (unpaired) electrons. The van der Waals surface area contributed by atoms with E-state index in [2.05, 4.69) is 0 Å². The van der Waals surface area contributed by atoms with E-state index in [9.17, 15) is 28.6 Å². The molecule has 0 saturated carbocycles. The molecule has 3 aromatic rings. The first-order valence-electron chi connectivity index (χ1n) is 9.03. The highest BCUT2D eigenvalue weighted by atomic mass is 19.1. The van der Waals surface area contributed by atoms with Crippen LogP contribution in [0.25, 0.3) is 10.8 Å². The van der Waals surface area contributed by atoms with Crippen molar-refractivity contribution in [3.8, 4) is 0 Å². The Hall–Kier alpha value is -3.48. The molecule has 5 nitrogen and oxygen atoms in total. The number of hydrogen-bond acceptors (Lipinski definition) is 3. The molecule has 1 heterocycles. The van der Waals surface area contributed by atoms with Crippen molar-refractivity contribution in [2.24, 2.45) is 0 Å². The number of hydrogen-bond donors (Lipinski definition) is 2. The third kappa shape index (κ3) is 3.40. The Morgan fingerprint density at radius 1 is 0.966 bits per heavy atom. The van der Waals surface area contributed by atoms with E-state index in [-0.39, 0.29) is 6.54 Å². The minimum absolute atomic E-state index is 0.118. The van der Waals surface area contributed by atoms with Crippen LogP contribution < -0.4 is 4.90 Å². The van der Waals surface area contributed by atoms with Gasteiger partial charge < -0.3 is 15.1 Å². The molecule has 1 aliphatic heterocycles. The monoisotopic (exact) mass is 397 g/mol. The zero-order valence-electron chi connectivity index (χ0n) is 15.2. The van der Waals surface area contributed by atoms with Gasteiger partial charge in [0.25, 0.3) is 0 Å². The van der Waals surface area contributed by atoms with Gasteiger partial charge in [-0.3, -0.25) is 4.79 Å². The Labute approximate surface area is 164 Å². The lowest BCUT2D eigenvalue weighted by Crippen LogP contribution is -2.41. The molecule has 0 saturated heterocycles. The first-order valence-corrected chi connectivity index (χ1v) is 9.03. The van der Waals surface area contributed by atoms with Crippen LogP contribution in [0.3, 0.4) is 0 Å². The van der Waals surface area contributed by atoms with Gasteiger partial charge in [-0.2, -0.15) is 0 Å². The third-order valence-electron chi connectivity index (χ3n) is 5.34. The van der Waals surface area contributed by atoms with Crippen molar-refractivity contribution in [3.05, 3.63) is 77.4 Å². The average molecular weight is 397 g/mol. The van der Waals surface area contributed by atoms with Crippen molar-refractivity contribution < 1.29 is 28.6 Å². The van der Waals surface area contributed by atoms with Gasteiger partial charge in [-0.05, 0) is 52.2 Å². The van der Waals surface area contributed by atoms with Gasteiger partial charge in [0.2, 0.25) is 0 Å². The SMILES string of the molecule is O=C(O)CC1c2cc(F)ccc2N(Cc2cccc3ccc(F)cc23)C1C(=O)O. The van der Waals surface area contributed by atoms with E-state index in [4.69, 9.17) is 0 Å². The molecule has 2 N–H and O–H groups in total. The maximum Gasteiger partial charge on any atom is 0.327 e. The number of carboxylic acids is 2. The molecule has 0 fully saturated rings. The van der Waals surface area contributed by atoms with E-state index in [1.54, 1.807) is 23.1 Å². The topological polar surface area (TPSA) is 77.8 Å². The normalized spacial score (nSPS) is 18.1. The minimum Gasteiger partial charge on any atom is -0.481 e. The average Bonchev–Trinajstić information content (AvgIpc) is 2.94. The summed E-state index contributed by atoms with van der Waals surface area (Å²) in [5.74, 6) is -4.23. The van der Waals surface area contributed by atoms with E-state index >= 15 is 0 Å². The van der Waals surface area contributed by atoms with Gasteiger partial charge in [0.1, 0.15) is 17.7 Å². The van der Waals surface area contributed by atoms with Crippen LogP contribution in [0, 0.1) is 11.6 Å². The molecule has 3 aromatic carbocycles. The summed E-state index contributed by atoms with van der Waals surface area (Å²) in [5, 5.41) is 20.6. The lowest BCUT2D eigenvalue weighted by molar-refractivity contribution is -0.140. The number of nitrogens with zero attached hydrogens (tertiary/aromatic N) is 1. The van der Waals surface area contributed by atoms with Crippen LogP contribution in [-0.4, -0.2) is 28.2 Å². The molecule has 0 aromatic heterocycles. The smallest absolute Gasteiger partial charge is 0.327 e. The van der Waals surface area contributed by atoms with Gasteiger partial charge in [-0.15, -0.1) is 0 Å². The van der Waals surface area contributed by atoms with Crippen LogP contribution in [0.4, 0.5) is 14.5 Å². The van der Waals surface area contributed by atoms with Crippen molar-refractivity contribution in [3.63, 3.8) is 0 Å². The maximum atomic E-state index is 13.9. The maximum absolute atomic E-state index is 13.9. The van der Waals surface area contributed by atoms with Gasteiger partial charge in [-0.1, -0.05) is 24.3 Å². The summed E-state index contributed by atoms with van der Waals surface area (Å²) >= 11 is 0. The first kappa shape index (κ1) is 18.9. The predicted octanol–water partition coefficient (Wildman–Crippen LogP) is 4.15. The number of aliphatic carboxylic acids is 2. The van der Waals surface area contributed by atoms with Gasteiger partial charge in [0.15, 0.2) is 0 Å². The number of halogens is 2. The number of anilines is 1. The lowest BCUT2D eigenvalue weighted by Gasteiger charge is -2.27. The number of fused-ring (bicyclic) bond motifs is 2. The van der Waals surface area contributed by atoms with E-state index < -0.39 is 42.0 Å². The summed E-state index contributed by atoms with van der Waals surface area (Å²) in [7, 11) is 0. The van der Waals surface area contributed by atoms with Crippen molar-refractivity contribution >= 4 is 28.4 Å². The van der Waals surface area contributed by atoms with E-state index in [0.29, 0.717) is 22.2 Å². The van der Waals surface area contributed by atoms with E-state index in [0.717, 1.165) is 5.39 Å². The number of carbonyl (C=O) groups is 2. The Morgan fingerprint density at radius 3 is 2.41 bits per heavy atom. The van der Waals surface area contributed by atoms with Crippen molar-refractivity contribution in [1.29, 1.82) is 0 Å². The second kappa shape index (κ2) is 7.16. The third-order valence-corrected chi connectivity index (χ3v) is 5.34. The molecular formula is C22H17F2NO4. The summed E-state index contributed by atoms with van der Waals surface area (Å²) in [6, 6.07) is 12.5. The number of carboxylic acid groups (broad SMARTS) is 2. The van der Waals surface area contributed by atoms with Crippen molar-refractivity contribution in [1.82, 2.24) is 0 Å². The molecular weight excluding hydrogens is 380 g/mol. The molecule has 7 heteroatoms. The Balaban J connectivity index is 1.83. The summed E-state index contributed by atoms with van der Waals surface area (Å²) in [5.41, 5.74) is 1.52. The quantitative estimate of drug-likeness (QED) is 0.676. The van der Waals surface area contributed by atoms with Crippen molar-refractivity contribution in [2.45, 2.75) is 24.9 Å². The van der Waals surface area contributed by atoms with Crippen LogP contribution in [0.1, 0.15) is 23.5 Å². The van der Waals surface area contributed by atoms with Crippen LogP contribution in [0.2, 0.25) is 0 Å². The molecule has 0 amide bonds. The van der Waals surface area contributed by atoms with E-state index in [1.807, 2.05) is 6.07 Å². The second-order valence-electron chi connectivity index (χ2n) is 7.10. The first-order chi connectivity index (χ1) is 13.8. The molecule has 29 heavy (non-hydrogen) atoms. The van der Waals surface area contributed by atoms with Gasteiger partial charge in [0, 0.05) is 18.2 Å². The summed E-state index contributed by atoms with van der Waals surface area (Å²) in [6.45, 7) is 0.118. The summed E-state index contributed by atoms with van der Waals surface area (Å²) < 4.78 is 27.7. The second-order valence-corrected chi connectivity index (χ2v) is 7.10. The fourth-order valence-corrected chi connectivity index (χ4v) is 4.15. The van der Waals surface area contributed by atoms with Crippen LogP contribution in [0.5, 0.6) is 0 Å². The van der Waals surface area contributed by atoms with Gasteiger partial charge >= 0.3 is 11.9 Å².